The number of benzene rings is 6. The zero-order chi connectivity index (χ0) is 38.4. The first-order chi connectivity index (χ1) is 28.0. The van der Waals surface area contributed by atoms with Crippen molar-refractivity contribution in [3.05, 3.63) is 148 Å². The van der Waals surface area contributed by atoms with E-state index in [-0.39, 0.29) is 6.71 Å². The predicted octanol–water partition coefficient (Wildman–Crippen LogP) is 12.8. The Morgan fingerprint density at radius 2 is 1.42 bits per heavy atom. The average Bonchev–Trinajstić information content (AvgIpc) is 3.59. The number of fused-ring (bicyclic) bond motifs is 8. The van der Waals surface area contributed by atoms with Crippen LogP contribution in [0.25, 0.3) is 21.2 Å². The quantitative estimate of drug-likeness (QED) is 0.128. The van der Waals surface area contributed by atoms with Crippen LogP contribution in [0.3, 0.4) is 0 Å². The standard InChI is InChI=1S/C53H51BN2S/c1-5-8-13-34-16-26-46-45(30-34)54-50-47(55(46)41-22-17-37(18-23-41)35(7-3)12-6-2)28-33(4)29-48(50)56(51-42-24-19-39(42)31-40-20-25-43(40)51)52-44-32-38(36-14-10-9-11-15-36)21-27-49(44)57-53(52)54/h9-11,14-18,21-23,26-32,35H,5-8,12-13,19-20,24-25H2,1-4H3. The van der Waals surface area contributed by atoms with Crippen molar-refractivity contribution in [2.75, 3.05) is 9.80 Å². The predicted molar refractivity (Wildman–Crippen MR) is 247 cm³/mol. The highest BCUT2D eigenvalue weighted by atomic mass is 32.1. The van der Waals surface area contributed by atoms with Crippen LogP contribution >= 0.6 is 11.3 Å². The van der Waals surface area contributed by atoms with Crippen LogP contribution < -0.4 is 25.5 Å². The fourth-order valence-corrected chi connectivity index (χ4v) is 12.0. The van der Waals surface area contributed by atoms with Crippen LogP contribution in [0.15, 0.2) is 109 Å². The zero-order valence-corrected chi connectivity index (χ0v) is 34.7. The van der Waals surface area contributed by atoms with Crippen LogP contribution in [0.1, 0.15) is 97.7 Å². The van der Waals surface area contributed by atoms with E-state index in [2.05, 4.69) is 147 Å². The van der Waals surface area contributed by atoms with Crippen molar-refractivity contribution in [1.82, 2.24) is 0 Å². The number of nitrogens with zero attached hydrogens (tertiary/aromatic N) is 2. The first kappa shape index (κ1) is 35.1. The highest BCUT2D eigenvalue weighted by Crippen LogP contribution is 2.53. The Bertz CT molecular complexity index is 2680. The van der Waals surface area contributed by atoms with Crippen molar-refractivity contribution in [1.29, 1.82) is 0 Å². The minimum Gasteiger partial charge on any atom is -0.311 e. The van der Waals surface area contributed by atoms with E-state index in [1.54, 1.807) is 22.3 Å². The van der Waals surface area contributed by atoms with Gasteiger partial charge >= 0.3 is 0 Å². The van der Waals surface area contributed by atoms with Crippen LogP contribution in [-0.2, 0) is 32.1 Å². The van der Waals surface area contributed by atoms with Gasteiger partial charge in [0, 0.05) is 37.6 Å². The fraction of sp³-hybridized carbons (Fsp3) is 0.283. The Hall–Kier alpha value is -5.06. The molecule has 11 rings (SSSR count). The zero-order valence-electron chi connectivity index (χ0n) is 33.9. The monoisotopic (exact) mass is 758 g/mol. The maximum atomic E-state index is 2.80. The summed E-state index contributed by atoms with van der Waals surface area (Å²) in [6.45, 7) is 9.44. The van der Waals surface area contributed by atoms with Crippen LogP contribution in [-0.4, -0.2) is 6.71 Å². The molecule has 0 N–H and O–H groups in total. The van der Waals surface area contributed by atoms with Crippen molar-refractivity contribution in [3.8, 4) is 11.1 Å². The van der Waals surface area contributed by atoms with Crippen LogP contribution in [0.4, 0.5) is 34.1 Å². The number of unbranched alkanes of at least 4 members (excludes halogenated alkanes) is 1. The molecule has 2 aliphatic heterocycles. The minimum atomic E-state index is 0.154. The number of hydrogen-bond acceptors (Lipinski definition) is 3. The molecule has 0 spiro atoms. The van der Waals surface area contributed by atoms with Gasteiger partial charge in [0.1, 0.15) is 0 Å². The first-order valence-corrected chi connectivity index (χ1v) is 22.6. The van der Waals surface area contributed by atoms with Gasteiger partial charge in [-0.05, 0) is 168 Å². The Morgan fingerprint density at radius 1 is 0.667 bits per heavy atom. The highest BCUT2D eigenvalue weighted by molar-refractivity contribution is 7.33. The number of aryl methyl sites for hydroxylation is 4. The summed E-state index contributed by atoms with van der Waals surface area (Å²) in [4.78, 5) is 5.42. The van der Waals surface area contributed by atoms with Gasteiger partial charge in [-0.25, -0.2) is 0 Å². The van der Waals surface area contributed by atoms with Gasteiger partial charge in [0.05, 0.1) is 11.4 Å². The van der Waals surface area contributed by atoms with E-state index < -0.39 is 0 Å². The maximum Gasteiger partial charge on any atom is 0.264 e. The molecule has 282 valence electrons. The average molecular weight is 759 g/mol. The van der Waals surface area contributed by atoms with Gasteiger partial charge in [0.15, 0.2) is 0 Å². The minimum absolute atomic E-state index is 0.154. The molecule has 0 bridgehead atoms. The summed E-state index contributed by atoms with van der Waals surface area (Å²) in [5.41, 5.74) is 24.2. The molecule has 6 aromatic carbocycles. The van der Waals surface area contributed by atoms with E-state index in [0.717, 1.165) is 19.3 Å². The fourth-order valence-electron chi connectivity index (χ4n) is 10.7. The third-order valence-electron chi connectivity index (χ3n) is 13.8. The summed E-state index contributed by atoms with van der Waals surface area (Å²) in [5.74, 6) is 0.610. The Labute approximate surface area is 343 Å². The number of anilines is 6. The summed E-state index contributed by atoms with van der Waals surface area (Å²) in [5, 5.41) is 1.38. The molecule has 1 aromatic heterocycles. The van der Waals surface area contributed by atoms with E-state index in [4.69, 9.17) is 0 Å². The molecule has 2 aliphatic carbocycles. The summed E-state index contributed by atoms with van der Waals surface area (Å²) in [6, 6.07) is 43.0. The van der Waals surface area contributed by atoms with Gasteiger partial charge in [-0.3, -0.25) is 0 Å². The molecule has 0 saturated heterocycles. The van der Waals surface area contributed by atoms with Crippen molar-refractivity contribution in [2.45, 2.75) is 97.8 Å². The van der Waals surface area contributed by atoms with Gasteiger partial charge in [-0.1, -0.05) is 100 Å². The summed E-state index contributed by atoms with van der Waals surface area (Å²) in [6.07, 6.45) is 11.9. The highest BCUT2D eigenvalue weighted by Gasteiger charge is 2.47. The lowest BCUT2D eigenvalue weighted by Gasteiger charge is -2.46. The topological polar surface area (TPSA) is 6.48 Å². The first-order valence-electron chi connectivity index (χ1n) is 21.8. The molecule has 0 amide bonds. The molecule has 0 saturated carbocycles. The van der Waals surface area contributed by atoms with Gasteiger partial charge in [0.25, 0.3) is 6.71 Å². The summed E-state index contributed by atoms with van der Waals surface area (Å²) < 4.78 is 2.87. The van der Waals surface area contributed by atoms with Crippen LogP contribution in [0, 0.1) is 6.92 Å². The van der Waals surface area contributed by atoms with E-state index in [0.29, 0.717) is 5.92 Å². The normalized spacial score (nSPS) is 15.0. The molecule has 1 atom stereocenters. The van der Waals surface area contributed by atoms with Crippen LogP contribution in [0.5, 0.6) is 0 Å². The van der Waals surface area contributed by atoms with Crippen molar-refractivity contribution in [3.63, 3.8) is 0 Å². The lowest BCUT2D eigenvalue weighted by atomic mass is 9.36. The molecule has 0 radical (unpaired) electrons. The van der Waals surface area contributed by atoms with E-state index in [9.17, 15) is 0 Å². The molecule has 4 heteroatoms. The lowest BCUT2D eigenvalue weighted by molar-refractivity contribution is 0.596. The van der Waals surface area contributed by atoms with Gasteiger partial charge in [-0.15, -0.1) is 11.3 Å². The van der Waals surface area contributed by atoms with E-state index >= 15 is 0 Å². The molecule has 4 aliphatic rings. The second kappa shape index (κ2) is 13.8. The second-order valence-electron chi connectivity index (χ2n) is 17.2. The number of rotatable bonds is 10. The summed E-state index contributed by atoms with van der Waals surface area (Å²) >= 11 is 2.04. The van der Waals surface area contributed by atoms with Crippen LogP contribution in [0.2, 0.25) is 0 Å². The lowest BCUT2D eigenvalue weighted by Crippen LogP contribution is -2.60. The number of hydrogen-bond donors (Lipinski definition) is 0. The number of thiophene rings is 1. The third kappa shape index (κ3) is 5.43. The molecule has 2 nitrogen and oxygen atoms in total. The molecular formula is C53H51BN2S. The van der Waals surface area contributed by atoms with E-state index in [1.165, 1.54) is 133 Å². The third-order valence-corrected chi connectivity index (χ3v) is 15.0. The smallest absolute Gasteiger partial charge is 0.264 e. The Morgan fingerprint density at radius 3 is 2.11 bits per heavy atom. The van der Waals surface area contributed by atoms with Crippen molar-refractivity contribution < 1.29 is 0 Å². The molecule has 1 unspecified atom stereocenters. The van der Waals surface area contributed by atoms with Gasteiger partial charge in [0.2, 0.25) is 0 Å². The molecule has 7 aromatic rings. The summed E-state index contributed by atoms with van der Waals surface area (Å²) in [7, 11) is 0. The molecular weight excluding hydrogens is 707 g/mol. The van der Waals surface area contributed by atoms with Gasteiger partial charge in [-0.2, -0.15) is 0 Å². The van der Waals surface area contributed by atoms with Crippen molar-refractivity contribution in [2.24, 2.45) is 0 Å². The molecule has 57 heavy (non-hydrogen) atoms. The van der Waals surface area contributed by atoms with Gasteiger partial charge < -0.3 is 9.80 Å². The largest absolute Gasteiger partial charge is 0.311 e. The Kier molecular flexibility index (Phi) is 8.51. The molecule has 0 fully saturated rings. The second-order valence-corrected chi connectivity index (χ2v) is 18.3. The Balaban J connectivity index is 1.20. The SMILES string of the molecule is CCCCc1ccc2c(c1)B1c3sc4ccc(-c5ccccc5)cc4c3N(c3c4c(cc5c3CC5)CC4)c3cc(C)cc(c31)N2c1ccc(C(CC)CCC)cc1. The van der Waals surface area contributed by atoms with E-state index in [1.807, 2.05) is 11.3 Å². The van der Waals surface area contributed by atoms with Crippen molar-refractivity contribution >= 4 is 78.0 Å². The maximum absolute atomic E-state index is 2.80. The molecule has 3 heterocycles.